The third-order valence-electron chi connectivity index (χ3n) is 9.18. The van der Waals surface area contributed by atoms with Gasteiger partial charge in [-0.15, -0.1) is 0 Å². The van der Waals surface area contributed by atoms with E-state index >= 15 is 0 Å². The van der Waals surface area contributed by atoms with Crippen LogP contribution in [0.15, 0.2) is 12.2 Å². The predicted octanol–water partition coefficient (Wildman–Crippen LogP) is 14.0. The normalized spacial score (nSPS) is 13.2. The number of allylic oxidation sites excluding steroid dienone is 2. The first-order chi connectivity index (χ1) is 20.1. The molecule has 0 spiro atoms. The van der Waals surface area contributed by atoms with E-state index in [-0.39, 0.29) is 5.92 Å². The monoisotopic (exact) mass is 577 g/mol. The Morgan fingerprint density at radius 3 is 1.24 bits per heavy atom. The third-order valence-corrected chi connectivity index (χ3v) is 9.18. The van der Waals surface area contributed by atoms with E-state index in [1.165, 1.54) is 173 Å². The molecule has 0 aliphatic heterocycles. The minimum Gasteiger partial charge on any atom is -0.481 e. The predicted molar refractivity (Wildman–Crippen MR) is 184 cm³/mol. The smallest absolute Gasteiger partial charge is 0.306 e. The van der Waals surface area contributed by atoms with E-state index in [4.69, 9.17) is 0 Å². The number of carboxylic acids is 1. The SMILES string of the molecule is CCCCCCCCCCCCCCCCCCC(CCCCCCCCCCC=CCC(C)CCCC)C(=O)O. The van der Waals surface area contributed by atoms with Gasteiger partial charge in [0.05, 0.1) is 5.92 Å². The van der Waals surface area contributed by atoms with Gasteiger partial charge in [0.25, 0.3) is 0 Å². The topological polar surface area (TPSA) is 37.3 Å². The summed E-state index contributed by atoms with van der Waals surface area (Å²) in [5.41, 5.74) is 0. The Morgan fingerprint density at radius 2 is 0.854 bits per heavy atom. The van der Waals surface area contributed by atoms with Crippen molar-refractivity contribution in [2.24, 2.45) is 11.8 Å². The Morgan fingerprint density at radius 1 is 0.488 bits per heavy atom. The average Bonchev–Trinajstić information content (AvgIpc) is 2.96. The van der Waals surface area contributed by atoms with Gasteiger partial charge in [-0.3, -0.25) is 4.79 Å². The zero-order valence-electron chi connectivity index (χ0n) is 28.6. The molecule has 244 valence electrons. The van der Waals surface area contributed by atoms with Crippen LogP contribution < -0.4 is 0 Å². The molecule has 0 aromatic rings. The highest BCUT2D eigenvalue weighted by molar-refractivity contribution is 5.69. The van der Waals surface area contributed by atoms with Gasteiger partial charge in [-0.2, -0.15) is 0 Å². The molecular weight excluding hydrogens is 500 g/mol. The van der Waals surface area contributed by atoms with Crippen LogP contribution >= 0.6 is 0 Å². The maximum Gasteiger partial charge on any atom is 0.306 e. The second-order valence-corrected chi connectivity index (χ2v) is 13.5. The van der Waals surface area contributed by atoms with Gasteiger partial charge >= 0.3 is 5.97 Å². The Balaban J connectivity index is 3.45. The summed E-state index contributed by atoms with van der Waals surface area (Å²) in [6.45, 7) is 6.95. The summed E-state index contributed by atoms with van der Waals surface area (Å²) in [6, 6.07) is 0. The van der Waals surface area contributed by atoms with Crippen molar-refractivity contribution in [3.05, 3.63) is 12.2 Å². The van der Waals surface area contributed by atoms with Crippen molar-refractivity contribution in [1.29, 1.82) is 0 Å². The van der Waals surface area contributed by atoms with Gasteiger partial charge in [-0.25, -0.2) is 0 Å². The zero-order chi connectivity index (χ0) is 30.1. The lowest BCUT2D eigenvalue weighted by Crippen LogP contribution is -2.13. The molecule has 0 amide bonds. The minimum absolute atomic E-state index is 0.107. The summed E-state index contributed by atoms with van der Waals surface area (Å²) in [6.07, 6.45) is 45.4. The van der Waals surface area contributed by atoms with Crippen molar-refractivity contribution >= 4 is 5.97 Å². The number of carboxylic acid groups (broad SMARTS) is 1. The second kappa shape index (κ2) is 33.7. The van der Waals surface area contributed by atoms with E-state index in [2.05, 4.69) is 32.9 Å². The molecule has 0 bridgehead atoms. The average molecular weight is 577 g/mol. The van der Waals surface area contributed by atoms with Gasteiger partial charge in [0, 0.05) is 0 Å². The molecule has 2 unspecified atom stereocenters. The number of hydrogen-bond acceptors (Lipinski definition) is 1. The third kappa shape index (κ3) is 32.0. The maximum absolute atomic E-state index is 11.7. The van der Waals surface area contributed by atoms with E-state index in [9.17, 15) is 9.90 Å². The highest BCUT2D eigenvalue weighted by atomic mass is 16.4. The van der Waals surface area contributed by atoms with E-state index in [1.54, 1.807) is 0 Å². The lowest BCUT2D eigenvalue weighted by molar-refractivity contribution is -0.142. The first-order valence-electron chi connectivity index (χ1n) is 19.0. The molecule has 0 aliphatic rings. The molecule has 0 saturated heterocycles. The van der Waals surface area contributed by atoms with E-state index < -0.39 is 5.97 Å². The Bertz CT molecular complexity index is 540. The van der Waals surface area contributed by atoms with Gasteiger partial charge in [0.1, 0.15) is 0 Å². The number of rotatable bonds is 34. The molecular formula is C39H76O2. The number of carbonyl (C=O) groups is 1. The van der Waals surface area contributed by atoms with Crippen LogP contribution in [0.5, 0.6) is 0 Å². The summed E-state index contributed by atoms with van der Waals surface area (Å²) in [5.74, 6) is 0.176. The van der Waals surface area contributed by atoms with Crippen LogP contribution in [0.1, 0.15) is 220 Å². The van der Waals surface area contributed by atoms with Crippen LogP contribution in [0.25, 0.3) is 0 Å². The van der Waals surface area contributed by atoms with Crippen LogP contribution in [0, 0.1) is 11.8 Å². The number of aliphatic carboxylic acids is 1. The van der Waals surface area contributed by atoms with E-state index in [1.807, 2.05) is 0 Å². The van der Waals surface area contributed by atoms with E-state index in [0.29, 0.717) is 0 Å². The molecule has 0 aromatic heterocycles. The summed E-state index contributed by atoms with van der Waals surface area (Å²) in [5, 5.41) is 9.63. The Kier molecular flexibility index (Phi) is 33.1. The maximum atomic E-state index is 11.7. The molecule has 0 aromatic carbocycles. The standard InChI is InChI=1S/C39H76O2/c1-4-6-8-9-10-11-12-13-14-15-16-19-22-25-28-31-35-38(39(40)41)36-32-29-26-23-20-17-18-21-24-27-30-34-37(3)33-7-5-2/h27,30,37-38H,4-26,28-29,31-36H2,1-3H3,(H,40,41). The van der Waals surface area contributed by atoms with Gasteiger partial charge < -0.3 is 5.11 Å². The highest BCUT2D eigenvalue weighted by Crippen LogP contribution is 2.20. The molecule has 2 atom stereocenters. The van der Waals surface area contributed by atoms with Crippen molar-refractivity contribution in [2.45, 2.75) is 220 Å². The fourth-order valence-corrected chi connectivity index (χ4v) is 6.16. The Labute approximate surface area is 259 Å². The first kappa shape index (κ1) is 40.2. The van der Waals surface area contributed by atoms with Gasteiger partial charge in [0.15, 0.2) is 0 Å². The number of unbranched alkanes of at least 4 members (excludes halogenated alkanes) is 24. The molecule has 1 N–H and O–H groups in total. The van der Waals surface area contributed by atoms with Crippen molar-refractivity contribution in [3.63, 3.8) is 0 Å². The van der Waals surface area contributed by atoms with E-state index in [0.717, 1.165) is 31.6 Å². The molecule has 2 nitrogen and oxygen atoms in total. The summed E-state index contributed by atoms with van der Waals surface area (Å²) >= 11 is 0. The molecule has 0 radical (unpaired) electrons. The first-order valence-corrected chi connectivity index (χ1v) is 19.0. The van der Waals surface area contributed by atoms with Gasteiger partial charge in [0.2, 0.25) is 0 Å². The van der Waals surface area contributed by atoms with Gasteiger partial charge in [-0.05, 0) is 38.0 Å². The van der Waals surface area contributed by atoms with Crippen LogP contribution in [-0.4, -0.2) is 11.1 Å². The van der Waals surface area contributed by atoms with Gasteiger partial charge in [-0.1, -0.05) is 200 Å². The lowest BCUT2D eigenvalue weighted by atomic mass is 9.94. The van der Waals surface area contributed by atoms with Crippen molar-refractivity contribution in [1.82, 2.24) is 0 Å². The van der Waals surface area contributed by atoms with Crippen LogP contribution in [0.4, 0.5) is 0 Å². The summed E-state index contributed by atoms with van der Waals surface area (Å²) < 4.78 is 0. The van der Waals surface area contributed by atoms with Crippen molar-refractivity contribution < 1.29 is 9.90 Å². The van der Waals surface area contributed by atoms with Crippen molar-refractivity contribution in [2.75, 3.05) is 0 Å². The largest absolute Gasteiger partial charge is 0.481 e. The molecule has 41 heavy (non-hydrogen) atoms. The minimum atomic E-state index is -0.560. The number of hydrogen-bond donors (Lipinski definition) is 1. The zero-order valence-corrected chi connectivity index (χ0v) is 28.6. The molecule has 0 fully saturated rings. The molecule has 2 heteroatoms. The quantitative estimate of drug-likeness (QED) is 0.0611. The highest BCUT2D eigenvalue weighted by Gasteiger charge is 2.16. The molecule has 0 heterocycles. The molecule has 0 rings (SSSR count). The van der Waals surface area contributed by atoms with Crippen molar-refractivity contribution in [3.8, 4) is 0 Å². The second-order valence-electron chi connectivity index (χ2n) is 13.5. The summed E-state index contributed by atoms with van der Waals surface area (Å²) in [7, 11) is 0. The Hall–Kier alpha value is -0.790. The molecule has 0 saturated carbocycles. The van der Waals surface area contributed by atoms with Crippen LogP contribution in [0.2, 0.25) is 0 Å². The molecule has 0 aliphatic carbocycles. The fraction of sp³-hybridized carbons (Fsp3) is 0.923. The summed E-state index contributed by atoms with van der Waals surface area (Å²) in [4.78, 5) is 11.7. The van der Waals surface area contributed by atoms with Crippen LogP contribution in [0.3, 0.4) is 0 Å². The fourth-order valence-electron chi connectivity index (χ4n) is 6.16. The lowest BCUT2D eigenvalue weighted by Gasteiger charge is -2.12. The van der Waals surface area contributed by atoms with Crippen LogP contribution in [-0.2, 0) is 4.79 Å².